The Morgan fingerprint density at radius 3 is 2.39 bits per heavy atom. The molecule has 0 fully saturated rings. The predicted molar refractivity (Wildman–Crippen MR) is 62.1 cm³/mol. The van der Waals surface area contributed by atoms with Crippen LogP contribution in [-0.2, 0) is 6.18 Å². The van der Waals surface area contributed by atoms with Crippen LogP contribution in [0.15, 0.2) is 18.2 Å². The first-order chi connectivity index (χ1) is 8.15. The lowest BCUT2D eigenvalue weighted by molar-refractivity contribution is -0.137. The number of rotatable bonds is 4. The summed E-state index contributed by atoms with van der Waals surface area (Å²) in [6, 6.07) is 2.90. The summed E-state index contributed by atoms with van der Waals surface area (Å²) in [5, 5.41) is 21.0. The van der Waals surface area contributed by atoms with Gasteiger partial charge in [0.05, 0.1) is 23.5 Å². The smallest absolute Gasteiger partial charge is 0.397 e. The van der Waals surface area contributed by atoms with Crippen LogP contribution in [0.1, 0.15) is 12.5 Å². The van der Waals surface area contributed by atoms with Gasteiger partial charge in [0, 0.05) is 6.54 Å². The molecule has 1 rings (SSSR count). The lowest BCUT2D eigenvalue weighted by atomic mass is 10.1. The van der Waals surface area contributed by atoms with Crippen molar-refractivity contribution in [3.05, 3.63) is 23.8 Å². The summed E-state index contributed by atoms with van der Waals surface area (Å²) < 4.78 is 37.1. The third-order valence-corrected chi connectivity index (χ3v) is 2.38. The molecular formula is C11H15F3N2O2. The van der Waals surface area contributed by atoms with E-state index in [2.05, 4.69) is 5.32 Å². The molecule has 0 bridgehead atoms. The van der Waals surface area contributed by atoms with E-state index in [4.69, 9.17) is 10.8 Å². The monoisotopic (exact) mass is 264 g/mol. The van der Waals surface area contributed by atoms with Crippen molar-refractivity contribution >= 4 is 11.4 Å². The van der Waals surface area contributed by atoms with Gasteiger partial charge in [-0.2, -0.15) is 13.2 Å². The summed E-state index contributed by atoms with van der Waals surface area (Å²) in [5.41, 5.74) is 3.49. The first kappa shape index (κ1) is 14.6. The van der Waals surface area contributed by atoms with Gasteiger partial charge in [-0.25, -0.2) is 0 Å². The molecule has 7 heteroatoms. The topological polar surface area (TPSA) is 78.5 Å². The Kier molecular flexibility index (Phi) is 4.08. The van der Waals surface area contributed by atoms with Crippen LogP contribution in [0.4, 0.5) is 24.5 Å². The Morgan fingerprint density at radius 1 is 1.33 bits per heavy atom. The van der Waals surface area contributed by atoms with Crippen LogP contribution < -0.4 is 11.1 Å². The minimum Gasteiger partial charge on any atom is -0.397 e. The number of halogens is 3. The lowest BCUT2D eigenvalue weighted by Gasteiger charge is -2.22. The van der Waals surface area contributed by atoms with Gasteiger partial charge in [0.1, 0.15) is 5.60 Å². The maximum atomic E-state index is 12.4. The molecular weight excluding hydrogens is 249 g/mol. The number of benzene rings is 1. The Balaban J connectivity index is 2.81. The second-order valence-electron chi connectivity index (χ2n) is 4.31. The number of nitrogens with one attached hydrogen (secondary N) is 1. The molecule has 0 aliphatic rings. The van der Waals surface area contributed by atoms with Gasteiger partial charge in [0.15, 0.2) is 0 Å². The molecule has 0 aliphatic heterocycles. The Hall–Kier alpha value is -1.47. The largest absolute Gasteiger partial charge is 0.416 e. The van der Waals surface area contributed by atoms with E-state index in [9.17, 15) is 18.3 Å². The normalized spacial score (nSPS) is 15.2. The number of hydrogen-bond donors (Lipinski definition) is 4. The molecule has 0 saturated carbocycles. The summed E-state index contributed by atoms with van der Waals surface area (Å²) in [5.74, 6) is 0. The van der Waals surface area contributed by atoms with E-state index >= 15 is 0 Å². The van der Waals surface area contributed by atoms with Crippen LogP contribution in [0, 0.1) is 0 Å². The molecule has 0 saturated heterocycles. The molecule has 1 unspecified atom stereocenters. The molecule has 5 N–H and O–H groups in total. The third kappa shape index (κ3) is 3.78. The van der Waals surface area contributed by atoms with Crippen LogP contribution in [0.25, 0.3) is 0 Å². The van der Waals surface area contributed by atoms with Gasteiger partial charge in [0.2, 0.25) is 0 Å². The molecule has 4 nitrogen and oxygen atoms in total. The highest BCUT2D eigenvalue weighted by Crippen LogP contribution is 2.32. The number of aliphatic hydroxyl groups is 2. The SMILES string of the molecule is CC(O)(CO)CNc1ccc(C(F)(F)F)cc1N. The fraction of sp³-hybridized carbons (Fsp3) is 0.455. The highest BCUT2D eigenvalue weighted by molar-refractivity contribution is 5.67. The Bertz CT molecular complexity index is 419. The van der Waals surface area contributed by atoms with E-state index in [0.29, 0.717) is 0 Å². The van der Waals surface area contributed by atoms with Gasteiger partial charge < -0.3 is 21.3 Å². The maximum Gasteiger partial charge on any atom is 0.416 e. The highest BCUT2D eigenvalue weighted by atomic mass is 19.4. The molecule has 1 atom stereocenters. The fourth-order valence-electron chi connectivity index (χ4n) is 1.24. The average Bonchev–Trinajstić information content (AvgIpc) is 2.26. The van der Waals surface area contributed by atoms with Crippen molar-refractivity contribution in [3.63, 3.8) is 0 Å². The van der Waals surface area contributed by atoms with Crippen LogP contribution in [0.2, 0.25) is 0 Å². The van der Waals surface area contributed by atoms with Gasteiger partial charge >= 0.3 is 6.18 Å². The van der Waals surface area contributed by atoms with Crippen LogP contribution in [0.3, 0.4) is 0 Å². The first-order valence-electron chi connectivity index (χ1n) is 5.19. The molecule has 1 aromatic carbocycles. The lowest BCUT2D eigenvalue weighted by Crippen LogP contribution is -2.37. The van der Waals surface area contributed by atoms with Crippen molar-refractivity contribution in [2.24, 2.45) is 0 Å². The standard InChI is InChI=1S/C11H15F3N2O2/c1-10(18,6-17)5-16-9-3-2-7(4-8(9)15)11(12,13)14/h2-4,16-18H,5-6,15H2,1H3. The van der Waals surface area contributed by atoms with Gasteiger partial charge in [0.25, 0.3) is 0 Å². The minimum absolute atomic E-state index is 0.0287. The van der Waals surface area contributed by atoms with Crippen molar-refractivity contribution in [2.45, 2.75) is 18.7 Å². The molecule has 102 valence electrons. The summed E-state index contributed by atoms with van der Waals surface area (Å²) in [7, 11) is 0. The quantitative estimate of drug-likeness (QED) is 0.621. The van der Waals surface area contributed by atoms with Crippen molar-refractivity contribution < 1.29 is 23.4 Å². The molecule has 0 radical (unpaired) electrons. The van der Waals surface area contributed by atoms with Crippen LogP contribution in [0.5, 0.6) is 0 Å². The Labute approximate surface area is 102 Å². The van der Waals surface area contributed by atoms with Gasteiger partial charge in [-0.1, -0.05) is 0 Å². The number of nitrogen functional groups attached to an aromatic ring is 1. The highest BCUT2D eigenvalue weighted by Gasteiger charge is 2.30. The number of hydrogen-bond acceptors (Lipinski definition) is 4. The van der Waals surface area contributed by atoms with Crippen LogP contribution in [-0.4, -0.2) is 29.0 Å². The van der Waals surface area contributed by atoms with Gasteiger partial charge in [-0.05, 0) is 25.1 Å². The second kappa shape index (κ2) is 5.03. The summed E-state index contributed by atoms with van der Waals surface area (Å²) in [6.07, 6.45) is -4.44. The van der Waals surface area contributed by atoms with E-state index in [1.165, 1.54) is 13.0 Å². The fourth-order valence-corrected chi connectivity index (χ4v) is 1.24. The van der Waals surface area contributed by atoms with Crippen molar-refractivity contribution in [2.75, 3.05) is 24.2 Å². The van der Waals surface area contributed by atoms with E-state index < -0.39 is 23.9 Å². The second-order valence-corrected chi connectivity index (χ2v) is 4.31. The molecule has 0 aliphatic carbocycles. The summed E-state index contributed by atoms with van der Waals surface area (Å²) >= 11 is 0. The summed E-state index contributed by atoms with van der Waals surface area (Å²) in [6.45, 7) is 0.889. The number of nitrogens with two attached hydrogens (primary N) is 1. The van der Waals surface area contributed by atoms with E-state index in [1.807, 2.05) is 0 Å². The van der Waals surface area contributed by atoms with E-state index in [-0.39, 0.29) is 17.9 Å². The van der Waals surface area contributed by atoms with Gasteiger partial charge in [-0.3, -0.25) is 0 Å². The Morgan fingerprint density at radius 2 is 1.94 bits per heavy atom. The molecule has 0 aromatic heterocycles. The minimum atomic E-state index is -4.44. The average molecular weight is 264 g/mol. The van der Waals surface area contributed by atoms with Crippen molar-refractivity contribution in [1.29, 1.82) is 0 Å². The zero-order valence-electron chi connectivity index (χ0n) is 9.75. The van der Waals surface area contributed by atoms with Crippen molar-refractivity contribution in [1.82, 2.24) is 0 Å². The third-order valence-electron chi connectivity index (χ3n) is 2.38. The zero-order valence-corrected chi connectivity index (χ0v) is 9.75. The predicted octanol–water partition coefficient (Wildman–Crippen LogP) is 1.44. The molecule has 1 aromatic rings. The number of alkyl halides is 3. The van der Waals surface area contributed by atoms with Crippen molar-refractivity contribution in [3.8, 4) is 0 Å². The molecule has 0 heterocycles. The zero-order chi connectivity index (χ0) is 14.0. The van der Waals surface area contributed by atoms with Crippen LogP contribution >= 0.6 is 0 Å². The first-order valence-corrected chi connectivity index (χ1v) is 5.19. The molecule has 0 spiro atoms. The van der Waals surface area contributed by atoms with E-state index in [1.54, 1.807) is 0 Å². The maximum absolute atomic E-state index is 12.4. The molecule has 0 amide bonds. The number of anilines is 2. The number of aliphatic hydroxyl groups excluding tert-OH is 1. The molecule has 18 heavy (non-hydrogen) atoms. The van der Waals surface area contributed by atoms with E-state index in [0.717, 1.165) is 12.1 Å². The van der Waals surface area contributed by atoms with Gasteiger partial charge in [-0.15, -0.1) is 0 Å². The summed E-state index contributed by atoms with van der Waals surface area (Å²) in [4.78, 5) is 0.